The van der Waals surface area contributed by atoms with Crippen molar-refractivity contribution in [2.75, 3.05) is 0 Å². The van der Waals surface area contributed by atoms with Gasteiger partial charge in [-0.3, -0.25) is 4.79 Å². The van der Waals surface area contributed by atoms with Crippen molar-refractivity contribution in [3.63, 3.8) is 0 Å². The first-order valence-corrected chi connectivity index (χ1v) is 6.69. The summed E-state index contributed by atoms with van der Waals surface area (Å²) in [5.41, 5.74) is -0.521. The molecule has 1 amide bonds. The predicted octanol–water partition coefficient (Wildman–Crippen LogP) is 2.54. The largest absolute Gasteiger partial charge is 0.480 e. The van der Waals surface area contributed by atoms with E-state index < -0.39 is 17.4 Å². The Morgan fingerprint density at radius 2 is 2.00 bits per heavy atom. The highest BCUT2D eigenvalue weighted by Gasteiger charge is 2.33. The molecule has 0 aliphatic heterocycles. The zero-order chi connectivity index (χ0) is 13.9. The first-order valence-electron chi connectivity index (χ1n) is 5.88. The lowest BCUT2D eigenvalue weighted by Crippen LogP contribution is -2.48. The van der Waals surface area contributed by atoms with Gasteiger partial charge in [-0.25, -0.2) is 4.79 Å². The van der Waals surface area contributed by atoms with Crippen LogP contribution in [-0.4, -0.2) is 23.0 Å². The molecule has 0 saturated carbocycles. The molecule has 0 spiro atoms. The molecule has 0 radical (unpaired) electrons. The molecule has 18 heavy (non-hydrogen) atoms. The summed E-state index contributed by atoms with van der Waals surface area (Å²) in [7, 11) is 0. The molecule has 1 atom stereocenters. The number of aryl methyl sites for hydroxylation is 1. The molecule has 1 rings (SSSR count). The summed E-state index contributed by atoms with van der Waals surface area (Å²) in [4.78, 5) is 24.8. The monoisotopic (exact) mass is 269 g/mol. The minimum absolute atomic E-state index is 0.318. The Kier molecular flexibility index (Phi) is 4.51. The first kappa shape index (κ1) is 14.7. The molecular formula is C13H19NO3S. The maximum Gasteiger partial charge on any atom is 0.326 e. The highest BCUT2D eigenvalue weighted by atomic mass is 32.1. The molecule has 1 heterocycles. The van der Waals surface area contributed by atoms with Crippen molar-refractivity contribution in [3.8, 4) is 0 Å². The van der Waals surface area contributed by atoms with Crippen molar-refractivity contribution in [1.82, 2.24) is 5.32 Å². The van der Waals surface area contributed by atoms with Crippen LogP contribution in [-0.2, 0) is 11.2 Å². The van der Waals surface area contributed by atoms with Crippen molar-refractivity contribution in [2.45, 2.75) is 40.2 Å². The molecule has 5 heteroatoms. The molecule has 1 aromatic heterocycles. The number of nitrogens with one attached hydrogen (secondary N) is 1. The van der Waals surface area contributed by atoms with Crippen LogP contribution in [0.25, 0.3) is 0 Å². The molecule has 1 aromatic rings. The number of carbonyl (C=O) groups excluding carboxylic acids is 1. The second-order valence-corrected chi connectivity index (χ2v) is 6.40. The zero-order valence-corrected chi connectivity index (χ0v) is 11.9. The van der Waals surface area contributed by atoms with Gasteiger partial charge in [0.15, 0.2) is 0 Å². The molecule has 0 fully saturated rings. The average Bonchev–Trinajstić information content (AvgIpc) is 2.71. The zero-order valence-electron chi connectivity index (χ0n) is 11.1. The standard InChI is InChI=1S/C13H19NO3S/c1-5-8-6-7-9(18-8)11(15)14-10(12(16)17)13(2,3)4/h6-7,10H,5H2,1-4H3,(H,14,15)(H,16,17)/t10-/m1/s1. The van der Waals surface area contributed by atoms with Gasteiger partial charge in [0.05, 0.1) is 4.88 Å². The number of hydrogen-bond acceptors (Lipinski definition) is 3. The summed E-state index contributed by atoms with van der Waals surface area (Å²) >= 11 is 1.40. The van der Waals surface area contributed by atoms with Crippen LogP contribution in [0, 0.1) is 5.41 Å². The Labute approximate surface area is 111 Å². The van der Waals surface area contributed by atoms with Gasteiger partial charge in [0.1, 0.15) is 6.04 Å². The van der Waals surface area contributed by atoms with E-state index in [0.29, 0.717) is 4.88 Å². The van der Waals surface area contributed by atoms with Gasteiger partial charge >= 0.3 is 5.97 Å². The van der Waals surface area contributed by atoms with Crippen LogP contribution in [0.3, 0.4) is 0 Å². The molecule has 0 aliphatic carbocycles. The number of thiophene rings is 1. The Morgan fingerprint density at radius 1 is 1.39 bits per heavy atom. The quantitative estimate of drug-likeness (QED) is 0.882. The van der Waals surface area contributed by atoms with E-state index in [0.717, 1.165) is 11.3 Å². The van der Waals surface area contributed by atoms with Gasteiger partial charge in [0.2, 0.25) is 0 Å². The lowest BCUT2D eigenvalue weighted by atomic mass is 9.87. The Bertz CT molecular complexity index is 445. The van der Waals surface area contributed by atoms with E-state index in [-0.39, 0.29) is 5.91 Å². The SMILES string of the molecule is CCc1ccc(C(=O)N[C@H](C(=O)O)C(C)(C)C)s1. The van der Waals surface area contributed by atoms with E-state index in [1.807, 2.05) is 13.0 Å². The van der Waals surface area contributed by atoms with Gasteiger partial charge in [-0.15, -0.1) is 11.3 Å². The summed E-state index contributed by atoms with van der Waals surface area (Å²) in [6, 6.07) is 2.74. The van der Waals surface area contributed by atoms with E-state index in [4.69, 9.17) is 5.11 Å². The number of amides is 1. The maximum atomic E-state index is 12.0. The third kappa shape index (κ3) is 3.57. The van der Waals surface area contributed by atoms with E-state index in [1.165, 1.54) is 11.3 Å². The van der Waals surface area contributed by atoms with Gasteiger partial charge in [0, 0.05) is 4.88 Å². The summed E-state index contributed by atoms with van der Waals surface area (Å²) < 4.78 is 0. The van der Waals surface area contributed by atoms with E-state index in [9.17, 15) is 9.59 Å². The van der Waals surface area contributed by atoms with Crippen LogP contribution < -0.4 is 5.32 Å². The van der Waals surface area contributed by atoms with Crippen molar-refractivity contribution < 1.29 is 14.7 Å². The third-order valence-corrected chi connectivity index (χ3v) is 3.85. The maximum absolute atomic E-state index is 12.0. The lowest BCUT2D eigenvalue weighted by Gasteiger charge is -2.27. The second-order valence-electron chi connectivity index (χ2n) is 5.23. The molecule has 4 nitrogen and oxygen atoms in total. The van der Waals surface area contributed by atoms with Crippen LogP contribution in [0.1, 0.15) is 42.2 Å². The van der Waals surface area contributed by atoms with Crippen LogP contribution in [0.2, 0.25) is 0 Å². The number of carboxylic acid groups (broad SMARTS) is 1. The fraction of sp³-hybridized carbons (Fsp3) is 0.538. The predicted molar refractivity (Wildman–Crippen MR) is 72.0 cm³/mol. The van der Waals surface area contributed by atoms with Gasteiger partial charge in [-0.05, 0) is 24.0 Å². The van der Waals surface area contributed by atoms with Crippen LogP contribution >= 0.6 is 11.3 Å². The van der Waals surface area contributed by atoms with Gasteiger partial charge in [-0.2, -0.15) is 0 Å². The summed E-state index contributed by atoms with van der Waals surface area (Å²) in [5.74, 6) is -1.33. The summed E-state index contributed by atoms with van der Waals surface area (Å²) in [6.45, 7) is 7.39. The fourth-order valence-corrected chi connectivity index (χ4v) is 2.39. The van der Waals surface area contributed by atoms with Gasteiger partial charge < -0.3 is 10.4 Å². The van der Waals surface area contributed by atoms with Crippen LogP contribution in [0.4, 0.5) is 0 Å². The molecule has 0 aromatic carbocycles. The Hall–Kier alpha value is -1.36. The van der Waals surface area contributed by atoms with Crippen molar-refractivity contribution >= 4 is 23.2 Å². The number of carboxylic acids is 1. The number of rotatable bonds is 4. The minimum Gasteiger partial charge on any atom is -0.480 e. The van der Waals surface area contributed by atoms with Crippen LogP contribution in [0.5, 0.6) is 0 Å². The van der Waals surface area contributed by atoms with Crippen LogP contribution in [0.15, 0.2) is 12.1 Å². The fourth-order valence-electron chi connectivity index (χ4n) is 1.54. The molecule has 0 unspecified atom stereocenters. The normalized spacial score (nSPS) is 13.1. The number of carbonyl (C=O) groups is 2. The molecule has 0 aliphatic rings. The Morgan fingerprint density at radius 3 is 2.39 bits per heavy atom. The molecule has 0 bridgehead atoms. The average molecular weight is 269 g/mol. The first-order chi connectivity index (χ1) is 8.25. The Balaban J connectivity index is 2.82. The van der Waals surface area contributed by atoms with Crippen molar-refractivity contribution in [1.29, 1.82) is 0 Å². The van der Waals surface area contributed by atoms with E-state index in [2.05, 4.69) is 5.32 Å². The molecular weight excluding hydrogens is 250 g/mol. The van der Waals surface area contributed by atoms with Gasteiger partial charge in [-0.1, -0.05) is 27.7 Å². The van der Waals surface area contributed by atoms with Gasteiger partial charge in [0.25, 0.3) is 5.91 Å². The minimum atomic E-state index is -1.01. The second kappa shape index (κ2) is 5.52. The number of hydrogen-bond donors (Lipinski definition) is 2. The molecule has 0 saturated heterocycles. The summed E-state index contributed by atoms with van der Waals surface area (Å²) in [6.07, 6.45) is 0.875. The van der Waals surface area contributed by atoms with E-state index >= 15 is 0 Å². The highest BCUT2D eigenvalue weighted by Crippen LogP contribution is 2.21. The van der Waals surface area contributed by atoms with Crippen molar-refractivity contribution in [2.24, 2.45) is 5.41 Å². The lowest BCUT2D eigenvalue weighted by molar-refractivity contribution is -0.142. The topological polar surface area (TPSA) is 66.4 Å². The van der Waals surface area contributed by atoms with Crippen molar-refractivity contribution in [3.05, 3.63) is 21.9 Å². The smallest absolute Gasteiger partial charge is 0.326 e. The third-order valence-electron chi connectivity index (χ3n) is 2.62. The number of aliphatic carboxylic acids is 1. The summed E-state index contributed by atoms with van der Waals surface area (Å²) in [5, 5.41) is 11.7. The molecule has 100 valence electrons. The van der Waals surface area contributed by atoms with E-state index in [1.54, 1.807) is 26.8 Å². The highest BCUT2D eigenvalue weighted by molar-refractivity contribution is 7.14. The molecule has 2 N–H and O–H groups in total.